The van der Waals surface area contributed by atoms with Crippen LogP contribution in [0.15, 0.2) is 36.4 Å². The van der Waals surface area contributed by atoms with Crippen LogP contribution in [0.2, 0.25) is 0 Å². The topological polar surface area (TPSA) is 66.5 Å². The number of amides is 3. The van der Waals surface area contributed by atoms with Crippen LogP contribution in [0.4, 0.5) is 11.4 Å². The highest BCUT2D eigenvalue weighted by Crippen LogP contribution is 2.50. The van der Waals surface area contributed by atoms with Crippen LogP contribution in [-0.2, 0) is 14.4 Å². The Labute approximate surface area is 134 Å². The van der Waals surface area contributed by atoms with E-state index < -0.39 is 0 Å². The summed E-state index contributed by atoms with van der Waals surface area (Å²) in [5, 5.41) is 2.68. The highest BCUT2D eigenvalue weighted by Gasteiger charge is 2.56. The van der Waals surface area contributed by atoms with Crippen molar-refractivity contribution in [3.05, 3.63) is 36.4 Å². The van der Waals surface area contributed by atoms with Gasteiger partial charge in [-0.15, -0.1) is 0 Å². The van der Waals surface area contributed by atoms with E-state index in [4.69, 9.17) is 0 Å². The Bertz CT molecular complexity index is 690. The van der Waals surface area contributed by atoms with E-state index >= 15 is 0 Å². The average molecular weight is 310 g/mol. The molecule has 1 saturated heterocycles. The van der Waals surface area contributed by atoms with Gasteiger partial charge in [0, 0.05) is 12.6 Å². The molecule has 1 saturated carbocycles. The number of fused-ring (bicyclic) bond motifs is 1. The number of carbonyl (C=O) groups is 3. The number of hydrogen-bond donors (Lipinski definition) is 1. The number of rotatable bonds is 2. The van der Waals surface area contributed by atoms with Gasteiger partial charge < -0.3 is 5.32 Å². The Morgan fingerprint density at radius 1 is 1.00 bits per heavy atom. The van der Waals surface area contributed by atoms with Gasteiger partial charge in [0.1, 0.15) is 0 Å². The first-order chi connectivity index (χ1) is 11.1. The third-order valence-electron chi connectivity index (χ3n) is 5.21. The number of imide groups is 1. The molecule has 1 heterocycles. The molecule has 0 spiro atoms. The minimum Gasteiger partial charge on any atom is -0.326 e. The molecule has 0 radical (unpaired) electrons. The molecule has 1 N–H and O–H groups in total. The molecule has 118 valence electrons. The molecule has 0 unspecified atom stereocenters. The third-order valence-corrected chi connectivity index (χ3v) is 5.21. The largest absolute Gasteiger partial charge is 0.326 e. The number of benzene rings is 1. The first-order valence-electron chi connectivity index (χ1n) is 8.00. The molecule has 3 aliphatic carbocycles. The Hall–Kier alpha value is -2.43. The fourth-order valence-corrected chi connectivity index (χ4v) is 4.23. The number of nitrogens with one attached hydrogen (secondary N) is 1. The standard InChI is InChI=1S/C18H18N2O3/c1-10(21)19-13-6-8-14(9-7-13)20-17(22)15-11-2-3-12(5-4-11)16(15)18(20)23/h2-3,6-9,11-12,15-16H,4-5H2,1H3,(H,19,21)/t11-,12+,15-,16-/m0/s1. The van der Waals surface area contributed by atoms with Crippen molar-refractivity contribution in [1.82, 2.24) is 0 Å². The van der Waals surface area contributed by atoms with E-state index in [0.29, 0.717) is 11.4 Å². The molecule has 3 amide bonds. The molecule has 0 aromatic heterocycles. The van der Waals surface area contributed by atoms with Gasteiger partial charge in [0.25, 0.3) is 0 Å². The highest BCUT2D eigenvalue weighted by molar-refractivity contribution is 6.22. The summed E-state index contributed by atoms with van der Waals surface area (Å²) in [5.41, 5.74) is 1.24. The van der Waals surface area contributed by atoms with Gasteiger partial charge in [-0.25, -0.2) is 0 Å². The van der Waals surface area contributed by atoms with Crippen LogP contribution < -0.4 is 10.2 Å². The van der Waals surface area contributed by atoms with Crippen molar-refractivity contribution < 1.29 is 14.4 Å². The maximum absolute atomic E-state index is 12.8. The van der Waals surface area contributed by atoms with E-state index in [-0.39, 0.29) is 41.4 Å². The van der Waals surface area contributed by atoms with Crippen molar-refractivity contribution >= 4 is 29.1 Å². The molecule has 1 aromatic carbocycles. The lowest BCUT2D eigenvalue weighted by atomic mass is 9.63. The fourth-order valence-electron chi connectivity index (χ4n) is 4.23. The Kier molecular flexibility index (Phi) is 3.11. The van der Waals surface area contributed by atoms with Crippen molar-refractivity contribution in [1.29, 1.82) is 0 Å². The maximum atomic E-state index is 12.8. The molecule has 5 rings (SSSR count). The molecule has 4 aliphatic rings. The van der Waals surface area contributed by atoms with Gasteiger partial charge >= 0.3 is 0 Å². The summed E-state index contributed by atoms with van der Waals surface area (Å²) < 4.78 is 0. The summed E-state index contributed by atoms with van der Waals surface area (Å²) >= 11 is 0. The summed E-state index contributed by atoms with van der Waals surface area (Å²) in [6, 6.07) is 6.86. The van der Waals surface area contributed by atoms with Crippen molar-refractivity contribution in [2.75, 3.05) is 10.2 Å². The van der Waals surface area contributed by atoms with Crippen LogP contribution in [0.5, 0.6) is 0 Å². The molecule has 1 aromatic rings. The predicted molar refractivity (Wildman–Crippen MR) is 85.6 cm³/mol. The zero-order chi connectivity index (χ0) is 16.1. The minimum atomic E-state index is -0.193. The number of nitrogens with zero attached hydrogens (tertiary/aromatic N) is 1. The second-order valence-electron chi connectivity index (χ2n) is 6.58. The predicted octanol–water partition coefficient (Wildman–Crippen LogP) is 2.35. The Morgan fingerprint density at radius 2 is 1.52 bits per heavy atom. The SMILES string of the molecule is CC(=O)Nc1ccc(N2C(=O)[C@@H]3[C@@H](C2=O)[C@H]2C=C[C@@H]3CC2)cc1. The normalized spacial score (nSPS) is 31.4. The zero-order valence-corrected chi connectivity index (χ0v) is 12.9. The number of hydrogen-bond acceptors (Lipinski definition) is 3. The average Bonchev–Trinajstić information content (AvgIpc) is 2.83. The molecule has 23 heavy (non-hydrogen) atoms. The summed E-state index contributed by atoms with van der Waals surface area (Å²) in [6.07, 6.45) is 6.22. The van der Waals surface area contributed by atoms with Crippen LogP contribution in [0.1, 0.15) is 19.8 Å². The second-order valence-corrected chi connectivity index (χ2v) is 6.58. The Morgan fingerprint density at radius 3 is 1.96 bits per heavy atom. The first-order valence-corrected chi connectivity index (χ1v) is 8.00. The second kappa shape index (κ2) is 5.05. The van der Waals surface area contributed by atoms with Gasteiger partial charge in [-0.05, 0) is 48.9 Å². The van der Waals surface area contributed by atoms with Crippen molar-refractivity contribution in [3.8, 4) is 0 Å². The fraction of sp³-hybridized carbons (Fsp3) is 0.389. The zero-order valence-electron chi connectivity index (χ0n) is 12.9. The summed E-state index contributed by atoms with van der Waals surface area (Å²) in [5.74, 6) is -0.296. The van der Waals surface area contributed by atoms with Crippen molar-refractivity contribution in [3.63, 3.8) is 0 Å². The van der Waals surface area contributed by atoms with Gasteiger partial charge in [0.05, 0.1) is 17.5 Å². The smallest absolute Gasteiger partial charge is 0.238 e. The summed E-state index contributed by atoms with van der Waals surface area (Å²) in [7, 11) is 0. The van der Waals surface area contributed by atoms with Crippen LogP contribution in [0, 0.1) is 23.7 Å². The van der Waals surface area contributed by atoms with Gasteiger partial charge in [-0.1, -0.05) is 12.2 Å². The van der Waals surface area contributed by atoms with Gasteiger partial charge in [0.15, 0.2) is 0 Å². The maximum Gasteiger partial charge on any atom is 0.238 e. The summed E-state index contributed by atoms with van der Waals surface area (Å²) in [4.78, 5) is 38.0. The van der Waals surface area contributed by atoms with E-state index in [9.17, 15) is 14.4 Å². The highest BCUT2D eigenvalue weighted by atomic mass is 16.2. The van der Waals surface area contributed by atoms with E-state index in [1.165, 1.54) is 11.8 Å². The molecule has 2 fully saturated rings. The van der Waals surface area contributed by atoms with Gasteiger partial charge in [0.2, 0.25) is 17.7 Å². The summed E-state index contributed by atoms with van der Waals surface area (Å²) in [6.45, 7) is 1.44. The van der Waals surface area contributed by atoms with Crippen LogP contribution in [0.3, 0.4) is 0 Å². The monoisotopic (exact) mass is 310 g/mol. The molecule has 5 nitrogen and oxygen atoms in total. The van der Waals surface area contributed by atoms with Gasteiger partial charge in [-0.2, -0.15) is 0 Å². The number of anilines is 2. The van der Waals surface area contributed by atoms with E-state index in [1.54, 1.807) is 24.3 Å². The van der Waals surface area contributed by atoms with Crippen LogP contribution in [-0.4, -0.2) is 17.7 Å². The van der Waals surface area contributed by atoms with E-state index in [1.807, 2.05) is 0 Å². The molecule has 2 bridgehead atoms. The number of carbonyl (C=O) groups excluding carboxylic acids is 3. The van der Waals surface area contributed by atoms with Crippen molar-refractivity contribution in [2.45, 2.75) is 19.8 Å². The van der Waals surface area contributed by atoms with Crippen LogP contribution >= 0.6 is 0 Å². The molecular formula is C18H18N2O3. The quantitative estimate of drug-likeness (QED) is 0.673. The van der Waals surface area contributed by atoms with E-state index in [2.05, 4.69) is 17.5 Å². The molecule has 5 heteroatoms. The first kappa shape index (κ1) is 14.2. The lowest BCUT2D eigenvalue weighted by molar-refractivity contribution is -0.124. The number of allylic oxidation sites excluding steroid dienone is 2. The Balaban J connectivity index is 1.64. The lowest BCUT2D eigenvalue weighted by Crippen LogP contribution is -2.38. The molecule has 4 atom stereocenters. The van der Waals surface area contributed by atoms with Crippen LogP contribution in [0.25, 0.3) is 0 Å². The minimum absolute atomic E-state index is 0.0775. The lowest BCUT2D eigenvalue weighted by Gasteiger charge is -2.38. The van der Waals surface area contributed by atoms with Crippen molar-refractivity contribution in [2.24, 2.45) is 23.7 Å². The molecule has 1 aliphatic heterocycles. The van der Waals surface area contributed by atoms with Gasteiger partial charge in [-0.3, -0.25) is 19.3 Å². The third kappa shape index (κ3) is 2.11. The van der Waals surface area contributed by atoms with E-state index in [0.717, 1.165) is 12.8 Å². The molecular weight excluding hydrogens is 292 g/mol.